The highest BCUT2D eigenvalue weighted by atomic mass is 32.1. The third-order valence-electron chi connectivity index (χ3n) is 4.33. The van der Waals surface area contributed by atoms with Crippen molar-refractivity contribution in [2.24, 2.45) is 5.73 Å². The maximum absolute atomic E-state index is 5.21. The number of hydrogen-bond acceptors (Lipinski definition) is 4. The van der Waals surface area contributed by atoms with Crippen molar-refractivity contribution in [3.05, 3.63) is 24.4 Å². The fraction of sp³-hybridized carbons (Fsp3) is 0.762. The number of nitrogens with zero attached hydrogens (tertiary/aromatic N) is 2. The summed E-state index contributed by atoms with van der Waals surface area (Å²) in [5.41, 5.74) is 5.21. The first-order valence-electron chi connectivity index (χ1n) is 10.2. The van der Waals surface area contributed by atoms with Gasteiger partial charge in [0.05, 0.1) is 5.37 Å². The molecule has 0 aromatic carbocycles. The summed E-state index contributed by atoms with van der Waals surface area (Å²) in [5.74, 6) is 1.01. The molecule has 1 atom stereocenters. The van der Waals surface area contributed by atoms with Crippen molar-refractivity contribution >= 4 is 18.4 Å². The maximum atomic E-state index is 5.21. The van der Waals surface area contributed by atoms with Gasteiger partial charge in [0.2, 0.25) is 0 Å². The molecule has 0 saturated carbocycles. The molecule has 1 heterocycles. The van der Waals surface area contributed by atoms with Crippen molar-refractivity contribution in [2.45, 2.75) is 89.9 Å². The molecule has 146 valence electrons. The summed E-state index contributed by atoms with van der Waals surface area (Å²) >= 11 is 4.68. The second-order valence-corrected chi connectivity index (χ2v) is 7.28. The molecule has 0 aliphatic rings. The lowest BCUT2D eigenvalue weighted by Crippen LogP contribution is -2.27. The minimum absolute atomic E-state index is 0.269. The minimum atomic E-state index is 0.269. The Morgan fingerprint density at radius 1 is 0.960 bits per heavy atom. The molecular formula is C21H41N3S. The summed E-state index contributed by atoms with van der Waals surface area (Å²) in [5, 5.41) is 0.269. The number of pyridine rings is 1. The van der Waals surface area contributed by atoms with E-state index in [1.165, 1.54) is 64.2 Å². The lowest BCUT2D eigenvalue weighted by atomic mass is 10.1. The van der Waals surface area contributed by atoms with Crippen molar-refractivity contribution < 1.29 is 0 Å². The number of aromatic nitrogens is 1. The van der Waals surface area contributed by atoms with Crippen LogP contribution < -0.4 is 10.6 Å². The highest BCUT2D eigenvalue weighted by Crippen LogP contribution is 2.18. The van der Waals surface area contributed by atoms with Gasteiger partial charge in [-0.05, 0) is 31.5 Å². The van der Waals surface area contributed by atoms with Crippen LogP contribution in [0.25, 0.3) is 0 Å². The molecule has 1 aromatic heterocycles. The predicted octanol–water partition coefficient (Wildman–Crippen LogP) is 6.05. The molecule has 0 bridgehead atoms. The molecule has 0 fully saturated rings. The van der Waals surface area contributed by atoms with Gasteiger partial charge in [0, 0.05) is 13.2 Å². The van der Waals surface area contributed by atoms with E-state index in [1.54, 1.807) is 0 Å². The van der Waals surface area contributed by atoms with E-state index in [4.69, 9.17) is 5.73 Å². The Balaban J connectivity index is 0.000000823. The molecule has 0 aliphatic heterocycles. The van der Waals surface area contributed by atoms with Gasteiger partial charge in [0.15, 0.2) is 0 Å². The van der Waals surface area contributed by atoms with Gasteiger partial charge in [-0.25, -0.2) is 4.98 Å². The largest absolute Gasteiger partial charge is 0.348 e. The number of thiol groups is 1. The fourth-order valence-electron chi connectivity index (χ4n) is 2.59. The Hall–Kier alpha value is -0.740. The van der Waals surface area contributed by atoms with Crippen LogP contribution in [-0.2, 0) is 0 Å². The van der Waals surface area contributed by atoms with Crippen LogP contribution in [0.1, 0.15) is 84.5 Å². The molecule has 1 unspecified atom stereocenters. The lowest BCUT2D eigenvalue weighted by Gasteiger charge is -2.25. The van der Waals surface area contributed by atoms with Crippen LogP contribution in [0.3, 0.4) is 0 Å². The Bertz CT molecular complexity index is 369. The summed E-state index contributed by atoms with van der Waals surface area (Å²) in [6.45, 7) is 5.29. The standard InChI is InChI=1S/C16H28N2S.C5H13N/c1-3-4-5-6-7-8-9-13-16(19)18(2)15-12-10-11-14-17-15;1-2-3-4-5-6/h10-12,14,16,19H,3-9,13H2,1-2H3;2-6H2,1H3. The molecule has 1 aromatic rings. The lowest BCUT2D eigenvalue weighted by molar-refractivity contribution is 0.568. The van der Waals surface area contributed by atoms with Crippen LogP contribution in [0.15, 0.2) is 24.4 Å². The first kappa shape index (κ1) is 24.3. The number of rotatable bonds is 13. The normalized spacial score (nSPS) is 11.6. The molecule has 0 amide bonds. The third-order valence-corrected chi connectivity index (χ3v) is 4.94. The second kappa shape index (κ2) is 18.1. The molecule has 0 radical (unpaired) electrons. The van der Waals surface area contributed by atoms with E-state index in [-0.39, 0.29) is 5.37 Å². The van der Waals surface area contributed by atoms with E-state index >= 15 is 0 Å². The Morgan fingerprint density at radius 3 is 2.08 bits per heavy atom. The van der Waals surface area contributed by atoms with Gasteiger partial charge in [-0.2, -0.15) is 12.6 Å². The molecule has 0 aliphatic carbocycles. The van der Waals surface area contributed by atoms with Gasteiger partial charge in [-0.15, -0.1) is 0 Å². The number of anilines is 1. The zero-order valence-corrected chi connectivity index (χ0v) is 17.7. The van der Waals surface area contributed by atoms with Crippen LogP contribution in [-0.4, -0.2) is 24.0 Å². The SMILES string of the molecule is CCCCCCCCCC(S)N(C)c1ccccn1.CCCCCN. The summed E-state index contributed by atoms with van der Waals surface area (Å²) in [6.07, 6.45) is 16.2. The van der Waals surface area contributed by atoms with Crippen LogP contribution in [0.4, 0.5) is 5.82 Å². The fourth-order valence-corrected chi connectivity index (χ4v) is 2.89. The number of nitrogens with two attached hydrogens (primary N) is 1. The van der Waals surface area contributed by atoms with Crippen LogP contribution in [0.2, 0.25) is 0 Å². The average molecular weight is 368 g/mol. The molecule has 0 spiro atoms. The molecule has 25 heavy (non-hydrogen) atoms. The monoisotopic (exact) mass is 367 g/mol. The van der Waals surface area contributed by atoms with Gasteiger partial charge in [-0.3, -0.25) is 0 Å². The Kier molecular flexibility index (Phi) is 17.5. The zero-order chi connectivity index (χ0) is 18.8. The average Bonchev–Trinajstić information content (AvgIpc) is 2.66. The van der Waals surface area contributed by atoms with Crippen LogP contribution >= 0.6 is 12.6 Å². The second-order valence-electron chi connectivity index (χ2n) is 6.69. The quantitative estimate of drug-likeness (QED) is 0.253. The van der Waals surface area contributed by atoms with E-state index in [0.717, 1.165) is 18.8 Å². The minimum Gasteiger partial charge on any atom is -0.348 e. The molecule has 3 nitrogen and oxygen atoms in total. The molecular weight excluding hydrogens is 326 g/mol. The molecule has 1 rings (SSSR count). The van der Waals surface area contributed by atoms with Gasteiger partial charge in [-0.1, -0.05) is 77.7 Å². The van der Waals surface area contributed by atoms with E-state index in [1.807, 2.05) is 24.4 Å². The van der Waals surface area contributed by atoms with E-state index < -0.39 is 0 Å². The Labute approximate surface area is 162 Å². The van der Waals surface area contributed by atoms with Gasteiger partial charge in [0.25, 0.3) is 0 Å². The summed E-state index contributed by atoms with van der Waals surface area (Å²) in [4.78, 5) is 6.51. The van der Waals surface area contributed by atoms with Crippen molar-refractivity contribution in [3.63, 3.8) is 0 Å². The predicted molar refractivity (Wildman–Crippen MR) is 117 cm³/mol. The van der Waals surface area contributed by atoms with E-state index in [0.29, 0.717) is 0 Å². The number of hydrogen-bond donors (Lipinski definition) is 2. The third kappa shape index (κ3) is 14.1. The van der Waals surface area contributed by atoms with Crippen LogP contribution in [0.5, 0.6) is 0 Å². The van der Waals surface area contributed by atoms with Crippen molar-refractivity contribution in [3.8, 4) is 0 Å². The summed E-state index contributed by atoms with van der Waals surface area (Å²) in [7, 11) is 2.07. The van der Waals surface area contributed by atoms with E-state index in [2.05, 4.69) is 43.4 Å². The topological polar surface area (TPSA) is 42.2 Å². The highest BCUT2D eigenvalue weighted by molar-refractivity contribution is 7.81. The smallest absolute Gasteiger partial charge is 0.129 e. The zero-order valence-electron chi connectivity index (χ0n) is 16.8. The van der Waals surface area contributed by atoms with Gasteiger partial charge < -0.3 is 10.6 Å². The van der Waals surface area contributed by atoms with Crippen LogP contribution in [0, 0.1) is 0 Å². The first-order chi connectivity index (χ1) is 12.2. The molecule has 4 heteroatoms. The van der Waals surface area contributed by atoms with Gasteiger partial charge in [0.1, 0.15) is 5.82 Å². The summed E-state index contributed by atoms with van der Waals surface area (Å²) in [6, 6.07) is 6.00. The maximum Gasteiger partial charge on any atom is 0.129 e. The van der Waals surface area contributed by atoms with E-state index in [9.17, 15) is 0 Å². The number of unbranched alkanes of at least 4 members (excludes halogenated alkanes) is 8. The van der Waals surface area contributed by atoms with Crippen molar-refractivity contribution in [2.75, 3.05) is 18.5 Å². The Morgan fingerprint density at radius 2 is 1.56 bits per heavy atom. The highest BCUT2D eigenvalue weighted by Gasteiger charge is 2.10. The summed E-state index contributed by atoms with van der Waals surface area (Å²) < 4.78 is 0. The first-order valence-corrected chi connectivity index (χ1v) is 10.7. The molecule has 2 N–H and O–H groups in total. The molecule has 0 saturated heterocycles. The van der Waals surface area contributed by atoms with Gasteiger partial charge >= 0.3 is 0 Å². The van der Waals surface area contributed by atoms with Crippen molar-refractivity contribution in [1.82, 2.24) is 4.98 Å². The van der Waals surface area contributed by atoms with Crippen molar-refractivity contribution in [1.29, 1.82) is 0 Å².